The van der Waals surface area contributed by atoms with E-state index >= 15 is 0 Å². The Bertz CT molecular complexity index is 461. The van der Waals surface area contributed by atoms with Crippen LogP contribution in [-0.2, 0) is 6.42 Å². The van der Waals surface area contributed by atoms with E-state index in [2.05, 4.69) is 58.8 Å². The van der Waals surface area contributed by atoms with Gasteiger partial charge in [0.25, 0.3) is 0 Å². The number of aliphatic imine (C=N–C) groups is 1. The van der Waals surface area contributed by atoms with Crippen molar-refractivity contribution in [2.75, 3.05) is 26.7 Å². The Balaban J connectivity index is 1.69. The standard InChI is InChI=1S/C18H32N4S/c1-14(2)22-9-7-16(8-10-22)21-18(19-4)20-13-15(3)12-17-6-5-11-23-17/h5-6,11,14-16H,7-10,12-13H2,1-4H3,(H2,19,20,21). The second-order valence-corrected chi connectivity index (χ2v) is 7.92. The number of thiophene rings is 1. The molecule has 0 aliphatic carbocycles. The Morgan fingerprint density at radius 3 is 2.65 bits per heavy atom. The summed E-state index contributed by atoms with van der Waals surface area (Å²) in [5.74, 6) is 1.56. The zero-order valence-electron chi connectivity index (χ0n) is 15.0. The lowest BCUT2D eigenvalue weighted by molar-refractivity contribution is 0.167. The molecule has 0 amide bonds. The van der Waals surface area contributed by atoms with Crippen LogP contribution in [0.1, 0.15) is 38.5 Å². The Morgan fingerprint density at radius 1 is 1.35 bits per heavy atom. The van der Waals surface area contributed by atoms with Gasteiger partial charge in [-0.2, -0.15) is 0 Å². The molecule has 1 atom stereocenters. The first-order valence-electron chi connectivity index (χ1n) is 8.82. The van der Waals surface area contributed by atoms with E-state index in [0.717, 1.165) is 18.9 Å². The summed E-state index contributed by atoms with van der Waals surface area (Å²) in [7, 11) is 1.86. The third-order valence-electron chi connectivity index (χ3n) is 4.57. The minimum atomic E-state index is 0.545. The van der Waals surface area contributed by atoms with Crippen LogP contribution < -0.4 is 10.6 Å². The van der Waals surface area contributed by atoms with Crippen molar-refractivity contribution in [1.29, 1.82) is 0 Å². The minimum absolute atomic E-state index is 0.545. The fraction of sp³-hybridized carbons (Fsp3) is 0.722. The summed E-state index contributed by atoms with van der Waals surface area (Å²) in [6.45, 7) is 10.2. The molecule has 1 fully saturated rings. The summed E-state index contributed by atoms with van der Waals surface area (Å²) < 4.78 is 0. The molecule has 2 rings (SSSR count). The van der Waals surface area contributed by atoms with E-state index in [1.54, 1.807) is 0 Å². The van der Waals surface area contributed by atoms with Crippen LogP contribution in [0.3, 0.4) is 0 Å². The molecule has 1 aromatic rings. The fourth-order valence-electron chi connectivity index (χ4n) is 3.06. The molecule has 4 nitrogen and oxygen atoms in total. The first-order chi connectivity index (χ1) is 11.1. The Hall–Kier alpha value is -1.07. The van der Waals surface area contributed by atoms with Crippen molar-refractivity contribution in [3.8, 4) is 0 Å². The van der Waals surface area contributed by atoms with Crippen LogP contribution in [0.5, 0.6) is 0 Å². The van der Waals surface area contributed by atoms with Crippen molar-refractivity contribution in [3.63, 3.8) is 0 Å². The number of rotatable bonds is 6. The summed E-state index contributed by atoms with van der Waals surface area (Å²) in [6.07, 6.45) is 3.53. The number of hydrogen-bond acceptors (Lipinski definition) is 3. The molecule has 1 aliphatic heterocycles. The topological polar surface area (TPSA) is 39.7 Å². The Morgan fingerprint density at radius 2 is 2.09 bits per heavy atom. The average Bonchev–Trinajstić information content (AvgIpc) is 3.04. The third-order valence-corrected chi connectivity index (χ3v) is 5.47. The maximum Gasteiger partial charge on any atom is 0.191 e. The van der Waals surface area contributed by atoms with Crippen LogP contribution in [0.25, 0.3) is 0 Å². The number of guanidine groups is 1. The van der Waals surface area contributed by atoms with E-state index in [1.165, 1.54) is 30.8 Å². The van der Waals surface area contributed by atoms with Crippen molar-refractivity contribution < 1.29 is 0 Å². The lowest BCUT2D eigenvalue weighted by atomic mass is 10.0. The normalized spacial score (nSPS) is 19.1. The average molecular weight is 337 g/mol. The highest BCUT2D eigenvalue weighted by molar-refractivity contribution is 7.09. The van der Waals surface area contributed by atoms with Crippen molar-refractivity contribution in [3.05, 3.63) is 22.4 Å². The third kappa shape index (κ3) is 6.15. The zero-order valence-corrected chi connectivity index (χ0v) is 15.8. The lowest BCUT2D eigenvalue weighted by Gasteiger charge is -2.35. The van der Waals surface area contributed by atoms with E-state index in [1.807, 2.05) is 18.4 Å². The summed E-state index contributed by atoms with van der Waals surface area (Å²) in [5, 5.41) is 9.24. The van der Waals surface area contributed by atoms with E-state index in [9.17, 15) is 0 Å². The van der Waals surface area contributed by atoms with Crippen molar-refractivity contribution in [2.45, 2.75) is 52.1 Å². The molecule has 0 saturated carbocycles. The number of piperidine rings is 1. The van der Waals surface area contributed by atoms with Gasteiger partial charge in [-0.05, 0) is 50.5 Å². The molecule has 0 spiro atoms. The number of nitrogens with zero attached hydrogens (tertiary/aromatic N) is 2. The van der Waals surface area contributed by atoms with Crippen LogP contribution in [0.15, 0.2) is 22.5 Å². The maximum absolute atomic E-state index is 4.39. The van der Waals surface area contributed by atoms with Gasteiger partial charge < -0.3 is 15.5 Å². The van der Waals surface area contributed by atoms with Gasteiger partial charge in [-0.1, -0.05) is 13.0 Å². The molecule has 1 aromatic heterocycles. The molecule has 1 aliphatic rings. The molecular weight excluding hydrogens is 304 g/mol. The van der Waals surface area contributed by atoms with E-state index in [4.69, 9.17) is 0 Å². The predicted molar refractivity (Wildman–Crippen MR) is 101 cm³/mol. The molecule has 0 radical (unpaired) electrons. The molecule has 1 unspecified atom stereocenters. The molecule has 1 saturated heterocycles. The van der Waals surface area contributed by atoms with Gasteiger partial charge in [0.05, 0.1) is 0 Å². The molecule has 0 aromatic carbocycles. The quantitative estimate of drug-likeness (QED) is 0.620. The summed E-state index contributed by atoms with van der Waals surface area (Å²) >= 11 is 1.84. The molecule has 23 heavy (non-hydrogen) atoms. The summed E-state index contributed by atoms with van der Waals surface area (Å²) in [4.78, 5) is 8.40. The molecule has 2 N–H and O–H groups in total. The number of nitrogens with one attached hydrogen (secondary N) is 2. The van der Waals surface area contributed by atoms with E-state index in [0.29, 0.717) is 18.0 Å². The SMILES string of the molecule is CN=C(NCC(C)Cc1cccs1)NC1CCN(C(C)C)CC1. The highest BCUT2D eigenvalue weighted by Gasteiger charge is 2.21. The van der Waals surface area contributed by atoms with Crippen molar-refractivity contribution in [1.82, 2.24) is 15.5 Å². The van der Waals surface area contributed by atoms with Crippen molar-refractivity contribution in [2.24, 2.45) is 10.9 Å². The van der Waals surface area contributed by atoms with Crippen LogP contribution >= 0.6 is 11.3 Å². The maximum atomic E-state index is 4.39. The molecule has 0 bridgehead atoms. The van der Waals surface area contributed by atoms with Gasteiger partial charge in [0.2, 0.25) is 0 Å². The summed E-state index contributed by atoms with van der Waals surface area (Å²) in [5.41, 5.74) is 0. The molecular formula is C18H32N4S. The minimum Gasteiger partial charge on any atom is -0.356 e. The fourth-order valence-corrected chi connectivity index (χ4v) is 3.93. The van der Waals surface area contributed by atoms with Crippen LogP contribution in [0, 0.1) is 5.92 Å². The van der Waals surface area contributed by atoms with E-state index < -0.39 is 0 Å². The first-order valence-corrected chi connectivity index (χ1v) is 9.70. The Labute approximate surface area is 145 Å². The zero-order chi connectivity index (χ0) is 16.7. The monoisotopic (exact) mass is 336 g/mol. The smallest absolute Gasteiger partial charge is 0.191 e. The van der Waals surface area contributed by atoms with Gasteiger partial charge in [0.1, 0.15) is 0 Å². The molecule has 2 heterocycles. The van der Waals surface area contributed by atoms with Gasteiger partial charge in [-0.25, -0.2) is 0 Å². The Kier molecular flexibility index (Phi) is 7.37. The molecule has 130 valence electrons. The highest BCUT2D eigenvalue weighted by atomic mass is 32.1. The van der Waals surface area contributed by atoms with Gasteiger partial charge >= 0.3 is 0 Å². The van der Waals surface area contributed by atoms with Crippen LogP contribution in [0.2, 0.25) is 0 Å². The predicted octanol–water partition coefficient (Wildman–Crippen LogP) is 2.96. The van der Waals surface area contributed by atoms with Crippen LogP contribution in [-0.4, -0.2) is 49.6 Å². The van der Waals surface area contributed by atoms with Gasteiger partial charge in [-0.15, -0.1) is 11.3 Å². The van der Waals surface area contributed by atoms with Gasteiger partial charge in [0, 0.05) is 43.6 Å². The number of hydrogen-bond donors (Lipinski definition) is 2. The second-order valence-electron chi connectivity index (χ2n) is 6.89. The lowest BCUT2D eigenvalue weighted by Crippen LogP contribution is -2.50. The van der Waals surface area contributed by atoms with Gasteiger partial charge in [-0.3, -0.25) is 4.99 Å². The van der Waals surface area contributed by atoms with Gasteiger partial charge in [0.15, 0.2) is 5.96 Å². The van der Waals surface area contributed by atoms with E-state index in [-0.39, 0.29) is 0 Å². The summed E-state index contributed by atoms with van der Waals surface area (Å²) in [6, 6.07) is 5.55. The first kappa shape index (κ1) is 18.3. The second kappa shape index (κ2) is 9.28. The van der Waals surface area contributed by atoms with Crippen molar-refractivity contribution >= 4 is 17.3 Å². The largest absolute Gasteiger partial charge is 0.356 e. The molecule has 5 heteroatoms. The highest BCUT2D eigenvalue weighted by Crippen LogP contribution is 2.14. The number of likely N-dealkylation sites (tertiary alicyclic amines) is 1. The van der Waals surface area contributed by atoms with Crippen LogP contribution in [0.4, 0.5) is 0 Å².